The number of hydrogen-bond acceptors (Lipinski definition) is 6. The number of benzene rings is 3. The minimum Gasteiger partial charge on any atom is -0.490 e. The molecular weight excluding hydrogens is 483 g/mol. The van der Waals surface area contributed by atoms with E-state index in [0.29, 0.717) is 33.7 Å². The van der Waals surface area contributed by atoms with Crippen molar-refractivity contribution in [2.45, 2.75) is 20.1 Å². The molecule has 3 rings (SSSR count). The quantitative estimate of drug-likeness (QED) is 0.192. The number of nitrogens with zero attached hydrogens (tertiary/aromatic N) is 2. The van der Waals surface area contributed by atoms with Crippen LogP contribution in [0.2, 0.25) is 0 Å². The summed E-state index contributed by atoms with van der Waals surface area (Å²) in [7, 11) is 0. The molecule has 0 fully saturated rings. The molecule has 3 aromatic carbocycles. The van der Waals surface area contributed by atoms with E-state index in [1.807, 2.05) is 6.92 Å². The Hall–Kier alpha value is -3.46. The van der Waals surface area contributed by atoms with Crippen LogP contribution in [-0.2, 0) is 18.1 Å². The number of halogens is 2. The summed E-state index contributed by atoms with van der Waals surface area (Å²) in [6.07, 6.45) is 1.51. The van der Waals surface area contributed by atoms with Crippen LogP contribution in [-0.4, -0.2) is 17.7 Å². The Kier molecular flexibility index (Phi) is 8.15. The van der Waals surface area contributed by atoms with Gasteiger partial charge in [0.15, 0.2) is 11.5 Å². The molecule has 9 heteroatoms. The van der Waals surface area contributed by atoms with Crippen LogP contribution in [0, 0.1) is 15.9 Å². The predicted octanol–water partition coefficient (Wildman–Crippen LogP) is 6.02. The second kappa shape index (κ2) is 11.2. The van der Waals surface area contributed by atoms with Gasteiger partial charge in [-0.25, -0.2) is 4.39 Å². The van der Waals surface area contributed by atoms with E-state index in [9.17, 15) is 14.5 Å². The fraction of sp³-hybridized carbons (Fsp3) is 0.174. The number of non-ortho nitro benzene ring substituents is 1. The van der Waals surface area contributed by atoms with Crippen molar-refractivity contribution in [1.29, 1.82) is 0 Å². The van der Waals surface area contributed by atoms with Gasteiger partial charge in [-0.2, -0.15) is 0 Å². The van der Waals surface area contributed by atoms with Gasteiger partial charge in [0, 0.05) is 22.2 Å². The third-order valence-corrected chi connectivity index (χ3v) is 4.98. The molecule has 0 heterocycles. The molecule has 0 spiro atoms. The van der Waals surface area contributed by atoms with Crippen molar-refractivity contribution in [3.8, 4) is 11.5 Å². The summed E-state index contributed by atoms with van der Waals surface area (Å²) >= 11 is 3.48. The molecule has 32 heavy (non-hydrogen) atoms. The van der Waals surface area contributed by atoms with E-state index in [1.165, 1.54) is 30.5 Å². The summed E-state index contributed by atoms with van der Waals surface area (Å²) in [4.78, 5) is 15.7. The lowest BCUT2D eigenvalue weighted by Crippen LogP contribution is -2.01. The predicted molar refractivity (Wildman–Crippen MR) is 122 cm³/mol. The van der Waals surface area contributed by atoms with E-state index < -0.39 is 4.92 Å². The number of nitro groups is 1. The third-order valence-electron chi connectivity index (χ3n) is 4.29. The zero-order chi connectivity index (χ0) is 22.9. The maximum absolute atomic E-state index is 13.1. The lowest BCUT2D eigenvalue weighted by molar-refractivity contribution is -0.384. The summed E-state index contributed by atoms with van der Waals surface area (Å²) in [5.74, 6) is 0.749. The van der Waals surface area contributed by atoms with Gasteiger partial charge in [-0.05, 0) is 58.2 Å². The molecule has 0 aliphatic heterocycles. The highest BCUT2D eigenvalue weighted by atomic mass is 79.9. The summed E-state index contributed by atoms with van der Waals surface area (Å²) in [6.45, 7) is 2.65. The molecule has 0 saturated carbocycles. The van der Waals surface area contributed by atoms with Crippen LogP contribution in [0.15, 0.2) is 70.3 Å². The minimum absolute atomic E-state index is 0.00425. The maximum atomic E-state index is 13.1. The Bertz CT molecular complexity index is 1110. The first-order valence-electron chi connectivity index (χ1n) is 9.68. The lowest BCUT2D eigenvalue weighted by Gasteiger charge is -2.14. The van der Waals surface area contributed by atoms with Gasteiger partial charge >= 0.3 is 0 Å². The summed E-state index contributed by atoms with van der Waals surface area (Å²) in [5.41, 5.74) is 2.15. The molecule has 3 aromatic rings. The second-order valence-electron chi connectivity index (χ2n) is 6.60. The molecule has 0 unspecified atom stereocenters. The third kappa shape index (κ3) is 6.52. The highest BCUT2D eigenvalue weighted by molar-refractivity contribution is 9.10. The fourth-order valence-corrected chi connectivity index (χ4v) is 3.16. The van der Waals surface area contributed by atoms with Crippen LogP contribution in [0.3, 0.4) is 0 Å². The van der Waals surface area contributed by atoms with Crippen molar-refractivity contribution in [2.24, 2.45) is 5.16 Å². The van der Waals surface area contributed by atoms with Crippen molar-refractivity contribution in [3.63, 3.8) is 0 Å². The topological polar surface area (TPSA) is 83.2 Å². The number of nitro benzene ring substituents is 1. The molecule has 0 aliphatic carbocycles. The smallest absolute Gasteiger partial charge is 0.269 e. The Morgan fingerprint density at radius 1 is 1.03 bits per heavy atom. The van der Waals surface area contributed by atoms with Crippen LogP contribution in [0.4, 0.5) is 10.1 Å². The zero-order valence-corrected chi connectivity index (χ0v) is 18.7. The average molecular weight is 503 g/mol. The van der Waals surface area contributed by atoms with Crippen molar-refractivity contribution < 1.29 is 23.6 Å². The highest BCUT2D eigenvalue weighted by Crippen LogP contribution is 2.34. The van der Waals surface area contributed by atoms with Gasteiger partial charge in [-0.3, -0.25) is 10.1 Å². The molecule has 0 radical (unpaired) electrons. The Morgan fingerprint density at radius 2 is 1.78 bits per heavy atom. The Balaban J connectivity index is 1.67. The average Bonchev–Trinajstić information content (AvgIpc) is 2.78. The van der Waals surface area contributed by atoms with Crippen LogP contribution < -0.4 is 9.47 Å². The minimum atomic E-state index is -0.459. The molecular formula is C23H20BrFN2O5. The van der Waals surface area contributed by atoms with Gasteiger partial charge in [-0.15, -0.1) is 0 Å². The lowest BCUT2D eigenvalue weighted by atomic mass is 10.2. The molecule has 0 aromatic heterocycles. The summed E-state index contributed by atoms with van der Waals surface area (Å²) in [6, 6.07) is 15.8. The van der Waals surface area contributed by atoms with Crippen LogP contribution in [0.5, 0.6) is 11.5 Å². The molecule has 7 nitrogen and oxygen atoms in total. The van der Waals surface area contributed by atoms with Gasteiger partial charge in [0.1, 0.15) is 19.0 Å². The highest BCUT2D eigenvalue weighted by Gasteiger charge is 2.11. The number of oxime groups is 1. The van der Waals surface area contributed by atoms with Gasteiger partial charge in [0.2, 0.25) is 0 Å². The van der Waals surface area contributed by atoms with Gasteiger partial charge in [0.05, 0.1) is 17.7 Å². The van der Waals surface area contributed by atoms with Crippen molar-refractivity contribution >= 4 is 27.8 Å². The van der Waals surface area contributed by atoms with Crippen LogP contribution in [0.1, 0.15) is 23.6 Å². The Labute approximate surface area is 192 Å². The first-order valence-corrected chi connectivity index (χ1v) is 10.5. The molecule has 0 saturated heterocycles. The summed E-state index contributed by atoms with van der Waals surface area (Å²) < 4.78 is 25.3. The van der Waals surface area contributed by atoms with E-state index in [1.54, 1.807) is 36.4 Å². The number of rotatable bonds is 10. The zero-order valence-electron chi connectivity index (χ0n) is 17.2. The van der Waals surface area contributed by atoms with E-state index in [4.69, 9.17) is 14.3 Å². The SMILES string of the molecule is CCOc1cc(/C=N\OCc2cccc([N+](=O)[O-])c2)c(Br)cc1OCc1ccc(F)cc1. The van der Waals surface area contributed by atoms with Crippen molar-refractivity contribution in [1.82, 2.24) is 0 Å². The van der Waals surface area contributed by atoms with Crippen LogP contribution >= 0.6 is 15.9 Å². The molecule has 0 atom stereocenters. The van der Waals surface area contributed by atoms with E-state index in [0.717, 1.165) is 5.56 Å². The van der Waals surface area contributed by atoms with E-state index in [-0.39, 0.29) is 24.7 Å². The fourth-order valence-electron chi connectivity index (χ4n) is 2.74. The summed E-state index contributed by atoms with van der Waals surface area (Å²) in [5, 5.41) is 14.8. The normalized spacial score (nSPS) is 10.8. The second-order valence-corrected chi connectivity index (χ2v) is 7.46. The largest absolute Gasteiger partial charge is 0.490 e. The number of hydrogen-bond donors (Lipinski definition) is 0. The molecule has 0 aliphatic rings. The van der Waals surface area contributed by atoms with Crippen molar-refractivity contribution in [3.05, 3.63) is 97.8 Å². The van der Waals surface area contributed by atoms with Gasteiger partial charge in [-0.1, -0.05) is 29.4 Å². The standard InChI is InChI=1S/C23H20BrFN2O5/c1-2-30-22-11-18(13-26-32-15-17-4-3-5-20(10-17)27(28)29)21(24)12-23(22)31-14-16-6-8-19(25)9-7-16/h3-13H,2,14-15H2,1H3/b26-13-. The first kappa shape index (κ1) is 23.2. The molecule has 166 valence electrons. The monoisotopic (exact) mass is 502 g/mol. The number of ether oxygens (including phenoxy) is 2. The van der Waals surface area contributed by atoms with Gasteiger partial charge < -0.3 is 14.3 Å². The maximum Gasteiger partial charge on any atom is 0.269 e. The first-order chi connectivity index (χ1) is 15.5. The van der Waals surface area contributed by atoms with Crippen molar-refractivity contribution in [2.75, 3.05) is 6.61 Å². The Morgan fingerprint density at radius 3 is 2.50 bits per heavy atom. The van der Waals surface area contributed by atoms with E-state index in [2.05, 4.69) is 21.1 Å². The van der Waals surface area contributed by atoms with Crippen LogP contribution in [0.25, 0.3) is 0 Å². The molecule has 0 amide bonds. The van der Waals surface area contributed by atoms with E-state index >= 15 is 0 Å². The van der Waals surface area contributed by atoms with Gasteiger partial charge in [0.25, 0.3) is 5.69 Å². The molecule has 0 N–H and O–H groups in total. The molecule has 0 bridgehead atoms.